The molecule has 2 rings (SSSR count). The highest BCUT2D eigenvalue weighted by Gasteiger charge is 2.25. The van der Waals surface area contributed by atoms with Gasteiger partial charge >= 0.3 is 10.2 Å². The first kappa shape index (κ1) is 9.47. The molecule has 0 atom stereocenters. The second kappa shape index (κ2) is 2.96. The van der Waals surface area contributed by atoms with Crippen molar-refractivity contribution in [3.8, 4) is 0 Å². The van der Waals surface area contributed by atoms with Crippen molar-refractivity contribution in [2.45, 2.75) is 0 Å². The van der Waals surface area contributed by atoms with Crippen LogP contribution in [0.3, 0.4) is 0 Å². The molecule has 1 heterocycles. The van der Waals surface area contributed by atoms with Gasteiger partial charge in [-0.3, -0.25) is 9.52 Å². The Morgan fingerprint density at radius 3 is 2.64 bits per heavy atom. The van der Waals surface area contributed by atoms with Gasteiger partial charge in [0.2, 0.25) is 0 Å². The summed E-state index contributed by atoms with van der Waals surface area (Å²) < 4.78 is 26.9. The van der Waals surface area contributed by atoms with Crippen LogP contribution in [0.2, 0.25) is 0 Å². The highest BCUT2D eigenvalue weighted by atomic mass is 79.9. The number of fused-ring (bicyclic) bond motifs is 1. The van der Waals surface area contributed by atoms with Crippen LogP contribution in [-0.4, -0.2) is 14.3 Å². The highest BCUT2D eigenvalue weighted by molar-refractivity contribution is 9.10. The first-order valence-electron chi connectivity index (χ1n) is 3.62. The average Bonchev–Trinajstić information content (AvgIpc) is 2.00. The lowest BCUT2D eigenvalue weighted by Gasteiger charge is -2.18. The van der Waals surface area contributed by atoms with Gasteiger partial charge in [0.15, 0.2) is 0 Å². The number of carbonyl (C=O) groups is 1. The van der Waals surface area contributed by atoms with Crippen molar-refractivity contribution in [2.75, 3.05) is 4.72 Å². The van der Waals surface area contributed by atoms with Gasteiger partial charge < -0.3 is 0 Å². The zero-order valence-electron chi connectivity index (χ0n) is 6.74. The summed E-state index contributed by atoms with van der Waals surface area (Å²) in [6.45, 7) is 0. The molecule has 7 heteroatoms. The van der Waals surface area contributed by atoms with E-state index in [1.165, 1.54) is 12.1 Å². The third-order valence-electron chi connectivity index (χ3n) is 1.70. The number of rotatable bonds is 0. The van der Waals surface area contributed by atoms with Gasteiger partial charge in [-0.2, -0.15) is 8.42 Å². The zero-order valence-corrected chi connectivity index (χ0v) is 9.15. The van der Waals surface area contributed by atoms with E-state index in [1.54, 1.807) is 6.07 Å². The van der Waals surface area contributed by atoms with Crippen molar-refractivity contribution in [1.29, 1.82) is 0 Å². The summed E-state index contributed by atoms with van der Waals surface area (Å²) in [5.74, 6) is -0.619. The number of amides is 1. The van der Waals surface area contributed by atoms with Crippen molar-refractivity contribution in [3.63, 3.8) is 0 Å². The lowest BCUT2D eigenvalue weighted by molar-refractivity contribution is 0.0981. The smallest absolute Gasteiger partial charge is 0.268 e. The molecule has 0 aliphatic carbocycles. The van der Waals surface area contributed by atoms with E-state index >= 15 is 0 Å². The van der Waals surface area contributed by atoms with Crippen molar-refractivity contribution in [2.24, 2.45) is 0 Å². The summed E-state index contributed by atoms with van der Waals surface area (Å²) in [6.07, 6.45) is 0. The molecular weight excluding hydrogens is 272 g/mol. The Hall–Kier alpha value is -1.08. The molecule has 2 N–H and O–H groups in total. The predicted octanol–water partition coefficient (Wildman–Crippen LogP) is 0.849. The molecule has 0 unspecified atom stereocenters. The minimum absolute atomic E-state index is 0.281. The van der Waals surface area contributed by atoms with E-state index in [0.717, 1.165) is 0 Å². The third-order valence-corrected chi connectivity index (χ3v) is 3.13. The van der Waals surface area contributed by atoms with E-state index in [2.05, 4.69) is 20.7 Å². The summed E-state index contributed by atoms with van der Waals surface area (Å²) in [7, 11) is -3.73. The fourth-order valence-corrected chi connectivity index (χ4v) is 2.37. The van der Waals surface area contributed by atoms with Gasteiger partial charge in [-0.1, -0.05) is 15.9 Å². The average molecular weight is 277 g/mol. The van der Waals surface area contributed by atoms with Crippen LogP contribution in [0.1, 0.15) is 10.4 Å². The number of halogens is 1. The monoisotopic (exact) mass is 276 g/mol. The van der Waals surface area contributed by atoms with Crippen molar-refractivity contribution in [3.05, 3.63) is 28.2 Å². The third kappa shape index (κ3) is 1.60. The fraction of sp³-hybridized carbons (Fsp3) is 0. The molecule has 5 nitrogen and oxygen atoms in total. The van der Waals surface area contributed by atoms with Gasteiger partial charge in [0.1, 0.15) is 0 Å². The summed E-state index contributed by atoms with van der Waals surface area (Å²) in [6, 6.07) is 4.74. The molecule has 74 valence electrons. The molecule has 1 aliphatic heterocycles. The Morgan fingerprint density at radius 1 is 1.21 bits per heavy atom. The highest BCUT2D eigenvalue weighted by Crippen LogP contribution is 2.24. The van der Waals surface area contributed by atoms with Crippen LogP contribution in [0.15, 0.2) is 22.7 Å². The van der Waals surface area contributed by atoms with E-state index in [4.69, 9.17) is 0 Å². The first-order valence-corrected chi connectivity index (χ1v) is 5.90. The van der Waals surface area contributed by atoms with E-state index < -0.39 is 16.1 Å². The van der Waals surface area contributed by atoms with Crippen LogP contribution < -0.4 is 9.44 Å². The SMILES string of the molecule is O=C1NS(=O)(=O)Nc2cc(Br)ccc21. The molecule has 0 aromatic heterocycles. The molecule has 0 radical (unpaired) electrons. The largest absolute Gasteiger partial charge is 0.323 e. The number of hydrogen-bond acceptors (Lipinski definition) is 3. The number of nitrogens with one attached hydrogen (secondary N) is 2. The lowest BCUT2D eigenvalue weighted by atomic mass is 10.2. The standard InChI is InChI=1S/C7H5BrN2O3S/c8-4-1-2-5-6(3-4)9-14(12,13)10-7(5)11/h1-3,9H,(H,10,11). The van der Waals surface area contributed by atoms with Crippen LogP contribution in [-0.2, 0) is 10.2 Å². The molecule has 14 heavy (non-hydrogen) atoms. The maximum Gasteiger partial charge on any atom is 0.323 e. The minimum atomic E-state index is -3.73. The molecule has 0 bridgehead atoms. The van der Waals surface area contributed by atoms with Gasteiger partial charge in [-0.05, 0) is 18.2 Å². The molecule has 1 amide bonds. The van der Waals surface area contributed by atoms with Gasteiger partial charge in [-0.25, -0.2) is 4.72 Å². The summed E-state index contributed by atoms with van der Waals surface area (Å²) in [5, 5.41) is 0. The predicted molar refractivity (Wildman–Crippen MR) is 54.2 cm³/mol. The Morgan fingerprint density at radius 2 is 1.93 bits per heavy atom. The van der Waals surface area contributed by atoms with Crippen LogP contribution in [0.25, 0.3) is 0 Å². The maximum absolute atomic E-state index is 11.3. The van der Waals surface area contributed by atoms with Crippen LogP contribution in [0.5, 0.6) is 0 Å². The number of carbonyl (C=O) groups excluding carboxylic acids is 1. The van der Waals surface area contributed by atoms with Gasteiger partial charge in [0.05, 0.1) is 11.3 Å². The summed E-state index contributed by atoms with van der Waals surface area (Å²) in [4.78, 5) is 11.3. The topological polar surface area (TPSA) is 75.3 Å². The number of anilines is 1. The Balaban J connectivity index is 2.62. The molecule has 1 aromatic rings. The summed E-state index contributed by atoms with van der Waals surface area (Å²) >= 11 is 3.18. The van der Waals surface area contributed by atoms with Crippen molar-refractivity contribution in [1.82, 2.24) is 4.72 Å². The minimum Gasteiger partial charge on any atom is -0.268 e. The molecule has 0 saturated heterocycles. The maximum atomic E-state index is 11.3. The van der Waals surface area contributed by atoms with E-state index in [9.17, 15) is 13.2 Å². The Labute approximate surface area is 88.8 Å². The zero-order chi connectivity index (χ0) is 10.3. The Bertz CT molecular complexity index is 512. The lowest BCUT2D eigenvalue weighted by Crippen LogP contribution is -2.40. The molecule has 1 aromatic carbocycles. The van der Waals surface area contributed by atoms with Gasteiger partial charge in [-0.15, -0.1) is 0 Å². The fourth-order valence-electron chi connectivity index (χ4n) is 1.15. The first-order chi connectivity index (χ1) is 6.48. The van der Waals surface area contributed by atoms with E-state index in [1.807, 2.05) is 4.72 Å². The summed E-state index contributed by atoms with van der Waals surface area (Å²) in [5.41, 5.74) is 0.589. The van der Waals surface area contributed by atoms with E-state index in [0.29, 0.717) is 10.0 Å². The Kier molecular flexibility index (Phi) is 2.00. The number of benzene rings is 1. The van der Waals surface area contributed by atoms with Crippen molar-refractivity contribution < 1.29 is 13.2 Å². The number of hydrogen-bond donors (Lipinski definition) is 2. The molecule has 0 saturated carbocycles. The second-order valence-electron chi connectivity index (χ2n) is 2.73. The molecular formula is C7H5BrN2O3S. The molecule has 1 aliphatic rings. The quantitative estimate of drug-likeness (QED) is 0.738. The van der Waals surface area contributed by atoms with E-state index in [-0.39, 0.29) is 5.69 Å². The van der Waals surface area contributed by atoms with Gasteiger partial charge in [0.25, 0.3) is 5.91 Å². The molecule has 0 spiro atoms. The molecule has 0 fully saturated rings. The second-order valence-corrected chi connectivity index (χ2v) is 5.06. The normalized spacial score (nSPS) is 17.9. The van der Waals surface area contributed by atoms with Crippen LogP contribution >= 0.6 is 15.9 Å². The van der Waals surface area contributed by atoms with Crippen LogP contribution in [0, 0.1) is 0 Å². The van der Waals surface area contributed by atoms with Gasteiger partial charge in [0, 0.05) is 4.47 Å². The van der Waals surface area contributed by atoms with Crippen LogP contribution in [0.4, 0.5) is 5.69 Å². The van der Waals surface area contributed by atoms with Crippen molar-refractivity contribution >= 4 is 37.7 Å².